The van der Waals surface area contributed by atoms with Crippen molar-refractivity contribution in [1.82, 2.24) is 9.97 Å². The second-order valence-electron chi connectivity index (χ2n) is 3.73. The summed E-state index contributed by atoms with van der Waals surface area (Å²) in [6.45, 7) is 1.74. The summed E-state index contributed by atoms with van der Waals surface area (Å²) >= 11 is 0. The molecule has 0 aliphatic carbocycles. The summed E-state index contributed by atoms with van der Waals surface area (Å²) in [5.74, 6) is 1.47. The number of nitriles is 1. The number of ether oxygens (including phenoxy) is 1. The maximum absolute atomic E-state index is 8.90. The van der Waals surface area contributed by atoms with Gasteiger partial charge in [0.25, 0.3) is 0 Å². The Kier molecular flexibility index (Phi) is 3.11. The molecule has 0 unspecified atom stereocenters. The second-order valence-corrected chi connectivity index (χ2v) is 3.73. The van der Waals surface area contributed by atoms with E-state index in [2.05, 4.69) is 9.97 Å². The molecule has 18 heavy (non-hydrogen) atoms. The molecular formula is C13H12N4O. The number of nitrogen functional groups attached to an aromatic ring is 1. The van der Waals surface area contributed by atoms with Crippen molar-refractivity contribution in [1.29, 1.82) is 5.26 Å². The van der Waals surface area contributed by atoms with Gasteiger partial charge in [-0.05, 0) is 31.2 Å². The van der Waals surface area contributed by atoms with Crippen molar-refractivity contribution in [3.05, 3.63) is 35.5 Å². The molecule has 0 spiro atoms. The number of hydrogen-bond acceptors (Lipinski definition) is 5. The zero-order chi connectivity index (χ0) is 13.1. The standard InChI is InChI=1S/C13H12N4O/c1-8-11(7-14)12(15)17-13(16-8)9-3-5-10(18-2)6-4-9/h3-6H,1-2H3,(H2,15,16,17). The molecule has 2 N–H and O–H groups in total. The van der Waals surface area contributed by atoms with Crippen LogP contribution in [0.2, 0.25) is 0 Å². The highest BCUT2D eigenvalue weighted by Gasteiger charge is 2.10. The molecule has 0 radical (unpaired) electrons. The van der Waals surface area contributed by atoms with Gasteiger partial charge in [0.15, 0.2) is 5.82 Å². The molecule has 0 aliphatic heterocycles. The third-order valence-corrected chi connectivity index (χ3v) is 2.58. The van der Waals surface area contributed by atoms with Gasteiger partial charge in [-0.15, -0.1) is 0 Å². The number of benzene rings is 1. The highest BCUT2D eigenvalue weighted by atomic mass is 16.5. The Hall–Kier alpha value is -2.61. The maximum atomic E-state index is 8.90. The van der Waals surface area contributed by atoms with Crippen molar-refractivity contribution in [2.45, 2.75) is 6.92 Å². The van der Waals surface area contributed by atoms with Gasteiger partial charge in [0, 0.05) is 5.56 Å². The van der Waals surface area contributed by atoms with E-state index in [-0.39, 0.29) is 5.82 Å². The van der Waals surface area contributed by atoms with Crippen molar-refractivity contribution in [3.8, 4) is 23.2 Å². The molecule has 1 aromatic carbocycles. The summed E-state index contributed by atoms with van der Waals surface area (Å²) in [6, 6.07) is 9.33. The topological polar surface area (TPSA) is 84.8 Å². The lowest BCUT2D eigenvalue weighted by atomic mass is 10.2. The molecule has 2 aromatic rings. The number of aromatic nitrogens is 2. The zero-order valence-corrected chi connectivity index (χ0v) is 10.1. The quantitative estimate of drug-likeness (QED) is 0.866. The summed E-state index contributed by atoms with van der Waals surface area (Å²) in [7, 11) is 1.61. The average Bonchev–Trinajstić information content (AvgIpc) is 2.38. The van der Waals surface area contributed by atoms with Crippen LogP contribution in [0.3, 0.4) is 0 Å². The molecule has 0 saturated heterocycles. The van der Waals surface area contributed by atoms with E-state index in [0.717, 1.165) is 11.3 Å². The Labute approximate surface area is 105 Å². The third kappa shape index (κ3) is 2.09. The molecule has 5 nitrogen and oxygen atoms in total. The van der Waals surface area contributed by atoms with Crippen LogP contribution >= 0.6 is 0 Å². The molecule has 5 heteroatoms. The summed E-state index contributed by atoms with van der Waals surface area (Å²) in [5, 5.41) is 8.90. The van der Waals surface area contributed by atoms with Gasteiger partial charge in [-0.25, -0.2) is 9.97 Å². The highest BCUT2D eigenvalue weighted by molar-refractivity contribution is 5.61. The van der Waals surface area contributed by atoms with Crippen LogP contribution in [-0.2, 0) is 0 Å². The average molecular weight is 240 g/mol. The number of nitrogens with zero attached hydrogens (tertiary/aromatic N) is 3. The van der Waals surface area contributed by atoms with Gasteiger partial charge in [-0.2, -0.15) is 5.26 Å². The van der Waals surface area contributed by atoms with Crippen molar-refractivity contribution in [2.75, 3.05) is 12.8 Å². The van der Waals surface area contributed by atoms with Crippen molar-refractivity contribution < 1.29 is 4.74 Å². The SMILES string of the molecule is COc1ccc(-c2nc(C)c(C#N)c(N)n2)cc1. The van der Waals surface area contributed by atoms with Crippen LogP contribution < -0.4 is 10.5 Å². The molecule has 0 atom stereocenters. The fourth-order valence-electron chi connectivity index (χ4n) is 1.60. The van der Waals surface area contributed by atoms with E-state index < -0.39 is 0 Å². The van der Waals surface area contributed by atoms with Crippen LogP contribution in [0.25, 0.3) is 11.4 Å². The molecule has 2 rings (SSSR count). The smallest absolute Gasteiger partial charge is 0.161 e. The van der Waals surface area contributed by atoms with Gasteiger partial charge in [-0.3, -0.25) is 0 Å². The predicted molar refractivity (Wildman–Crippen MR) is 67.9 cm³/mol. The molecule has 1 heterocycles. The lowest BCUT2D eigenvalue weighted by Gasteiger charge is -2.06. The first-order chi connectivity index (χ1) is 8.65. The fraction of sp³-hybridized carbons (Fsp3) is 0.154. The number of methoxy groups -OCH3 is 1. The van der Waals surface area contributed by atoms with Crippen molar-refractivity contribution >= 4 is 5.82 Å². The molecule has 0 fully saturated rings. The Bertz CT molecular complexity index is 591. The largest absolute Gasteiger partial charge is 0.497 e. The van der Waals surface area contributed by atoms with E-state index in [1.165, 1.54) is 0 Å². The zero-order valence-electron chi connectivity index (χ0n) is 10.1. The molecule has 1 aromatic heterocycles. The van der Waals surface area contributed by atoms with Gasteiger partial charge >= 0.3 is 0 Å². The van der Waals surface area contributed by atoms with E-state index in [1.807, 2.05) is 30.3 Å². The van der Waals surface area contributed by atoms with Gasteiger partial charge in [0.05, 0.1) is 12.8 Å². The molecule has 90 valence electrons. The first kappa shape index (κ1) is 11.9. The lowest BCUT2D eigenvalue weighted by molar-refractivity contribution is 0.415. The Morgan fingerprint density at radius 1 is 1.22 bits per heavy atom. The number of rotatable bonds is 2. The number of hydrogen-bond donors (Lipinski definition) is 1. The first-order valence-electron chi connectivity index (χ1n) is 5.34. The van der Waals surface area contributed by atoms with Gasteiger partial charge in [0.1, 0.15) is 23.2 Å². The Morgan fingerprint density at radius 3 is 2.39 bits per heavy atom. The third-order valence-electron chi connectivity index (χ3n) is 2.58. The van der Waals surface area contributed by atoms with E-state index in [4.69, 9.17) is 15.7 Å². The van der Waals surface area contributed by atoms with Gasteiger partial charge < -0.3 is 10.5 Å². The summed E-state index contributed by atoms with van der Waals surface area (Å²) in [6.07, 6.45) is 0. The fourth-order valence-corrected chi connectivity index (χ4v) is 1.60. The Balaban J connectivity index is 2.48. The van der Waals surface area contributed by atoms with Gasteiger partial charge in [-0.1, -0.05) is 0 Å². The first-order valence-corrected chi connectivity index (χ1v) is 5.34. The predicted octanol–water partition coefficient (Wildman–Crippen LogP) is 1.91. The highest BCUT2D eigenvalue weighted by Crippen LogP contribution is 2.22. The van der Waals surface area contributed by atoms with Crippen molar-refractivity contribution in [3.63, 3.8) is 0 Å². The molecule has 0 saturated carbocycles. The van der Waals surface area contributed by atoms with E-state index in [1.54, 1.807) is 14.0 Å². The van der Waals surface area contributed by atoms with Crippen LogP contribution in [-0.4, -0.2) is 17.1 Å². The van der Waals surface area contributed by atoms with Gasteiger partial charge in [0.2, 0.25) is 0 Å². The van der Waals surface area contributed by atoms with Crippen LogP contribution in [0.1, 0.15) is 11.3 Å². The number of aryl methyl sites for hydroxylation is 1. The minimum absolute atomic E-state index is 0.204. The molecule has 0 aliphatic rings. The van der Waals surface area contributed by atoms with Crippen LogP contribution in [0, 0.1) is 18.3 Å². The minimum Gasteiger partial charge on any atom is -0.497 e. The second kappa shape index (κ2) is 4.72. The monoisotopic (exact) mass is 240 g/mol. The van der Waals surface area contributed by atoms with E-state index in [9.17, 15) is 0 Å². The molecular weight excluding hydrogens is 228 g/mol. The number of nitrogens with two attached hydrogens (primary N) is 1. The summed E-state index contributed by atoms with van der Waals surface area (Å²) in [5.41, 5.74) is 7.46. The molecule has 0 amide bonds. The van der Waals surface area contributed by atoms with E-state index in [0.29, 0.717) is 17.1 Å². The Morgan fingerprint density at radius 2 is 1.89 bits per heavy atom. The van der Waals surface area contributed by atoms with Crippen molar-refractivity contribution in [2.24, 2.45) is 0 Å². The lowest BCUT2D eigenvalue weighted by Crippen LogP contribution is -2.02. The summed E-state index contributed by atoms with van der Waals surface area (Å²) < 4.78 is 5.08. The maximum Gasteiger partial charge on any atom is 0.161 e. The van der Waals surface area contributed by atoms with Crippen LogP contribution in [0.4, 0.5) is 5.82 Å². The number of anilines is 1. The van der Waals surface area contributed by atoms with Crippen LogP contribution in [0.15, 0.2) is 24.3 Å². The normalized spacial score (nSPS) is 9.83. The van der Waals surface area contributed by atoms with Crippen LogP contribution in [0.5, 0.6) is 5.75 Å². The molecule has 0 bridgehead atoms. The van der Waals surface area contributed by atoms with E-state index >= 15 is 0 Å². The summed E-state index contributed by atoms with van der Waals surface area (Å²) in [4.78, 5) is 8.41. The minimum atomic E-state index is 0.204.